The number of rotatable bonds is 6. The number of hydrogen-bond acceptors (Lipinski definition) is 4. The smallest absolute Gasteiger partial charge is 0.418 e. The summed E-state index contributed by atoms with van der Waals surface area (Å²) in [5, 5.41) is 0. The lowest BCUT2D eigenvalue weighted by Crippen LogP contribution is -2.39. The molecule has 0 N–H and O–H groups in total. The zero-order valence-corrected chi connectivity index (χ0v) is 22.1. The molecule has 1 amide bonds. The Kier molecular flexibility index (Phi) is 9.21. The third kappa shape index (κ3) is 7.72. The van der Waals surface area contributed by atoms with Crippen LogP contribution in [0.5, 0.6) is 5.75 Å². The predicted molar refractivity (Wildman–Crippen MR) is 135 cm³/mol. The van der Waals surface area contributed by atoms with E-state index in [9.17, 15) is 31.1 Å². The normalized spacial score (nSPS) is 20.8. The summed E-state index contributed by atoms with van der Waals surface area (Å²) in [6.07, 6.45) is -5.16. The Morgan fingerprint density at radius 2 is 1.64 bits per heavy atom. The predicted octanol–water partition coefficient (Wildman–Crippen LogP) is 7.70. The van der Waals surface area contributed by atoms with E-state index in [1.54, 1.807) is 18.2 Å². The minimum absolute atomic E-state index is 0.00439. The molecule has 0 bridgehead atoms. The summed E-state index contributed by atoms with van der Waals surface area (Å²) in [6, 6.07) is 8.35. The number of benzene rings is 2. The van der Waals surface area contributed by atoms with Crippen LogP contribution in [-0.4, -0.2) is 43.2 Å². The zero-order valence-electron chi connectivity index (χ0n) is 21.3. The summed E-state index contributed by atoms with van der Waals surface area (Å²) in [6.45, 7) is 3.24. The largest absolute Gasteiger partial charge is 0.490 e. The molecule has 11 heteroatoms. The van der Waals surface area contributed by atoms with E-state index in [1.165, 1.54) is 11.0 Å². The van der Waals surface area contributed by atoms with E-state index in [1.807, 2.05) is 0 Å². The van der Waals surface area contributed by atoms with Crippen LogP contribution in [0.4, 0.5) is 26.3 Å². The van der Waals surface area contributed by atoms with Gasteiger partial charge < -0.3 is 14.4 Å². The maximum atomic E-state index is 14.2. The molecule has 0 aromatic heterocycles. The first kappa shape index (κ1) is 29.3. The highest BCUT2D eigenvalue weighted by molar-refractivity contribution is 7.99. The fourth-order valence-corrected chi connectivity index (χ4v) is 5.77. The number of carbonyl (C=O) groups excluding carboxylic acids is 1. The van der Waals surface area contributed by atoms with Crippen LogP contribution >= 0.6 is 11.8 Å². The van der Waals surface area contributed by atoms with E-state index in [-0.39, 0.29) is 32.4 Å². The Morgan fingerprint density at radius 1 is 0.974 bits per heavy atom. The van der Waals surface area contributed by atoms with E-state index in [2.05, 4.69) is 6.92 Å². The second-order valence-corrected chi connectivity index (χ2v) is 10.9. The highest BCUT2D eigenvalue weighted by Gasteiger charge is 2.46. The molecule has 0 radical (unpaired) electrons. The third-order valence-electron chi connectivity index (χ3n) is 6.79. The van der Waals surface area contributed by atoms with Crippen molar-refractivity contribution >= 4 is 23.7 Å². The van der Waals surface area contributed by atoms with Crippen LogP contribution in [0.2, 0.25) is 0 Å². The molecule has 4 nitrogen and oxygen atoms in total. The summed E-state index contributed by atoms with van der Waals surface area (Å²) >= 11 is 0.591. The van der Waals surface area contributed by atoms with Crippen molar-refractivity contribution in [2.24, 2.45) is 5.92 Å². The summed E-state index contributed by atoms with van der Waals surface area (Å²) in [5.41, 5.74) is -4.34. The Labute approximate surface area is 227 Å². The maximum absolute atomic E-state index is 14.2. The van der Waals surface area contributed by atoms with Gasteiger partial charge in [0.25, 0.3) is 0 Å². The molecule has 39 heavy (non-hydrogen) atoms. The molecule has 2 aromatic carbocycles. The monoisotopic (exact) mass is 573 g/mol. The molecule has 0 atom stereocenters. The van der Waals surface area contributed by atoms with Crippen LogP contribution < -0.4 is 4.74 Å². The van der Waals surface area contributed by atoms with Gasteiger partial charge in [-0.25, -0.2) is 0 Å². The van der Waals surface area contributed by atoms with Gasteiger partial charge in [0.15, 0.2) is 0 Å². The van der Waals surface area contributed by atoms with Crippen molar-refractivity contribution in [1.82, 2.24) is 4.90 Å². The Balaban J connectivity index is 1.64. The van der Waals surface area contributed by atoms with Gasteiger partial charge in [-0.3, -0.25) is 4.79 Å². The SMILES string of the molecule is C[C@H]1CC[C@H](Oc2cccc(Sc3ccc(/C=C/C(=O)N4CCOCC4)c(C(F)(F)F)c3C(F)(F)F)c2)CC1. The summed E-state index contributed by atoms with van der Waals surface area (Å²) in [5.74, 6) is 0.485. The van der Waals surface area contributed by atoms with Gasteiger partial charge in [-0.2, -0.15) is 26.3 Å². The molecule has 1 aliphatic carbocycles. The number of morpholine rings is 1. The van der Waals surface area contributed by atoms with Crippen LogP contribution in [0.1, 0.15) is 49.3 Å². The minimum atomic E-state index is -5.31. The van der Waals surface area contributed by atoms with Crippen molar-refractivity contribution in [3.8, 4) is 5.75 Å². The number of amides is 1. The molecular weight excluding hydrogens is 544 g/mol. The Bertz CT molecular complexity index is 1180. The van der Waals surface area contributed by atoms with Crippen molar-refractivity contribution in [2.45, 2.75) is 60.9 Å². The highest BCUT2D eigenvalue weighted by Crippen LogP contribution is 2.48. The Morgan fingerprint density at radius 3 is 2.28 bits per heavy atom. The molecule has 1 aliphatic heterocycles. The zero-order chi connectivity index (χ0) is 28.2. The molecule has 0 spiro atoms. The minimum Gasteiger partial charge on any atom is -0.490 e. The van der Waals surface area contributed by atoms with Gasteiger partial charge in [-0.15, -0.1) is 0 Å². The number of ether oxygens (including phenoxy) is 2. The number of halogens is 6. The third-order valence-corrected chi connectivity index (χ3v) is 7.84. The number of carbonyl (C=O) groups is 1. The molecule has 1 saturated carbocycles. The topological polar surface area (TPSA) is 38.8 Å². The Hall–Kier alpha value is -2.66. The molecule has 212 valence electrons. The van der Waals surface area contributed by atoms with E-state index >= 15 is 0 Å². The number of alkyl halides is 6. The summed E-state index contributed by atoms with van der Waals surface area (Å²) in [4.78, 5) is 13.5. The first-order chi connectivity index (χ1) is 18.4. The average molecular weight is 574 g/mol. The summed E-state index contributed by atoms with van der Waals surface area (Å²) in [7, 11) is 0. The quantitative estimate of drug-likeness (QED) is 0.262. The van der Waals surface area contributed by atoms with Crippen molar-refractivity contribution in [2.75, 3.05) is 26.3 Å². The van der Waals surface area contributed by atoms with Crippen molar-refractivity contribution in [3.63, 3.8) is 0 Å². The van der Waals surface area contributed by atoms with E-state index < -0.39 is 39.8 Å². The average Bonchev–Trinajstić information content (AvgIpc) is 2.88. The van der Waals surface area contributed by atoms with Crippen molar-refractivity contribution in [3.05, 3.63) is 59.2 Å². The lowest BCUT2D eigenvalue weighted by atomic mass is 9.89. The van der Waals surface area contributed by atoms with Crippen LogP contribution in [-0.2, 0) is 21.9 Å². The second-order valence-electron chi connectivity index (χ2n) is 9.75. The van der Waals surface area contributed by atoms with Gasteiger partial charge >= 0.3 is 12.4 Å². The van der Waals surface area contributed by atoms with Gasteiger partial charge in [0.2, 0.25) is 5.91 Å². The second kappa shape index (κ2) is 12.2. The van der Waals surface area contributed by atoms with Crippen LogP contribution in [0.3, 0.4) is 0 Å². The van der Waals surface area contributed by atoms with Crippen molar-refractivity contribution < 1.29 is 40.6 Å². The molecule has 2 fully saturated rings. The lowest BCUT2D eigenvalue weighted by Gasteiger charge is -2.27. The maximum Gasteiger partial charge on any atom is 0.418 e. The van der Waals surface area contributed by atoms with Gasteiger partial charge in [-0.05, 0) is 67.5 Å². The highest BCUT2D eigenvalue weighted by atomic mass is 32.2. The summed E-state index contributed by atoms with van der Waals surface area (Å²) < 4.78 is 96.0. The van der Waals surface area contributed by atoms with Gasteiger partial charge in [0, 0.05) is 29.0 Å². The number of nitrogens with zero attached hydrogens (tertiary/aromatic N) is 1. The fourth-order valence-electron chi connectivity index (χ4n) is 4.74. The molecule has 2 aliphatic rings. The van der Waals surface area contributed by atoms with Gasteiger partial charge in [-0.1, -0.05) is 30.8 Å². The molecule has 1 saturated heterocycles. The van der Waals surface area contributed by atoms with Crippen molar-refractivity contribution in [1.29, 1.82) is 0 Å². The first-order valence-corrected chi connectivity index (χ1v) is 13.5. The molecule has 4 rings (SSSR count). The number of hydrogen-bond donors (Lipinski definition) is 0. The van der Waals surface area contributed by atoms with E-state index in [0.29, 0.717) is 28.3 Å². The molecule has 0 unspecified atom stereocenters. The standard InChI is InChI=1S/C28H29F6NO3S/c1-18-5-9-20(10-6-18)38-21-3-2-4-22(17-21)39-23-11-7-19(8-12-24(36)35-13-15-37-16-14-35)25(27(29,30)31)26(23)28(32,33)34/h2-4,7-8,11-12,17-18,20H,5-6,9-10,13-16H2,1H3/b12-8+/t18-,20-. The lowest BCUT2D eigenvalue weighted by molar-refractivity contribution is -0.163. The van der Waals surface area contributed by atoms with E-state index in [0.717, 1.165) is 50.0 Å². The molecule has 1 heterocycles. The van der Waals surface area contributed by atoms with Gasteiger partial charge in [0.05, 0.1) is 30.4 Å². The molecular formula is C28H29F6NO3S. The van der Waals surface area contributed by atoms with Crippen LogP contribution in [0.25, 0.3) is 6.08 Å². The van der Waals surface area contributed by atoms with E-state index in [4.69, 9.17) is 9.47 Å². The van der Waals surface area contributed by atoms with Crippen LogP contribution in [0.15, 0.2) is 52.3 Å². The molecule has 2 aromatic rings. The first-order valence-electron chi connectivity index (χ1n) is 12.7. The van der Waals surface area contributed by atoms with Gasteiger partial charge in [0.1, 0.15) is 5.75 Å². The fraction of sp³-hybridized carbons (Fsp3) is 0.464. The van der Waals surface area contributed by atoms with Crippen LogP contribution in [0, 0.1) is 5.92 Å².